The third-order valence-electron chi connectivity index (χ3n) is 6.03. The van der Waals surface area contributed by atoms with Crippen molar-refractivity contribution in [2.45, 2.75) is 13.8 Å². The molecule has 0 bridgehead atoms. The van der Waals surface area contributed by atoms with Crippen LogP contribution in [0.4, 0.5) is 0 Å². The second-order valence-electron chi connectivity index (χ2n) is 8.37. The molecule has 0 amide bonds. The summed E-state index contributed by atoms with van der Waals surface area (Å²) in [6.07, 6.45) is 0. The summed E-state index contributed by atoms with van der Waals surface area (Å²) >= 11 is 12.5. The Morgan fingerprint density at radius 2 is 1.00 bits per heavy atom. The van der Waals surface area contributed by atoms with Crippen molar-refractivity contribution >= 4 is 69.6 Å². The minimum atomic E-state index is -2.67. The maximum Gasteiger partial charge on any atom is 0.257 e. The highest BCUT2D eigenvalue weighted by molar-refractivity contribution is 8.18. The van der Waals surface area contributed by atoms with Crippen LogP contribution in [0.1, 0.15) is 13.8 Å². The van der Waals surface area contributed by atoms with Crippen LogP contribution in [0.25, 0.3) is 0 Å². The average molecular weight is 561 g/mol. The summed E-state index contributed by atoms with van der Waals surface area (Å²) in [7, 11) is -5.34. The normalized spacial score (nSPS) is 11.4. The number of nitrogens with one attached hydrogen (secondary N) is 2. The number of hydrogen-bond donors (Lipinski definition) is 2. The predicted molar refractivity (Wildman–Crippen MR) is 173 cm³/mol. The monoisotopic (exact) mass is 560 g/mol. The summed E-state index contributed by atoms with van der Waals surface area (Å²) in [5.74, 6) is 0. The van der Waals surface area contributed by atoms with Crippen molar-refractivity contribution in [1.82, 2.24) is 10.6 Å². The van der Waals surface area contributed by atoms with Gasteiger partial charge in [-0.15, -0.1) is 4.52 Å². The smallest absolute Gasteiger partial charge is 0.257 e. The zero-order chi connectivity index (χ0) is 26.1. The molecule has 4 aromatic rings. The SMILES string of the molecule is CCNC(=S)P(=N[P+](C(=S)NCC)(c1ccccc1)c1ccccc1)(c1ccccc1)c1ccccc1. The zero-order valence-corrected chi connectivity index (χ0v) is 24.5. The molecular weight excluding hydrogens is 528 g/mol. The highest BCUT2D eigenvalue weighted by Gasteiger charge is 2.52. The summed E-state index contributed by atoms with van der Waals surface area (Å²) < 4.78 is 7.61. The molecule has 188 valence electrons. The van der Waals surface area contributed by atoms with Gasteiger partial charge in [0.1, 0.15) is 22.4 Å². The minimum absolute atomic E-state index is 0.718. The van der Waals surface area contributed by atoms with E-state index in [0.717, 1.165) is 43.8 Å². The Hall–Kier alpha value is -2.68. The summed E-state index contributed by atoms with van der Waals surface area (Å²) in [5.41, 5.74) is 0. The van der Waals surface area contributed by atoms with E-state index in [2.05, 4.69) is 122 Å². The van der Waals surface area contributed by atoms with Gasteiger partial charge in [-0.3, -0.25) is 0 Å². The van der Waals surface area contributed by atoms with Gasteiger partial charge >= 0.3 is 0 Å². The molecule has 0 aliphatic carbocycles. The quantitative estimate of drug-likeness (QED) is 0.189. The molecule has 0 aliphatic rings. The molecule has 2 N–H and O–H groups in total. The molecule has 0 spiro atoms. The first-order chi connectivity index (χ1) is 18.1. The van der Waals surface area contributed by atoms with Gasteiger partial charge in [0.25, 0.3) is 12.1 Å². The van der Waals surface area contributed by atoms with Crippen molar-refractivity contribution < 1.29 is 0 Å². The molecular formula is C30H32N3P2S2+. The largest absolute Gasteiger partial charge is 0.374 e. The predicted octanol–water partition coefficient (Wildman–Crippen LogP) is 6.21. The Balaban J connectivity index is 2.26. The first-order valence-corrected chi connectivity index (χ1v) is 16.7. The fourth-order valence-corrected chi connectivity index (χ4v) is 15.2. The molecule has 3 nitrogen and oxygen atoms in total. The lowest BCUT2D eigenvalue weighted by Gasteiger charge is -2.31. The van der Waals surface area contributed by atoms with Gasteiger partial charge in [-0.25, -0.2) is 0 Å². The first-order valence-electron chi connectivity index (χ1n) is 12.4. The third-order valence-corrected chi connectivity index (χ3v) is 15.7. The molecule has 0 aromatic heterocycles. The van der Waals surface area contributed by atoms with Crippen LogP contribution < -0.4 is 31.9 Å². The van der Waals surface area contributed by atoms with E-state index in [9.17, 15) is 0 Å². The van der Waals surface area contributed by atoms with Gasteiger partial charge in [0.05, 0.1) is 0 Å². The van der Waals surface area contributed by atoms with Gasteiger partial charge in [0.15, 0.2) is 0 Å². The summed E-state index contributed by atoms with van der Waals surface area (Å²) in [4.78, 5) is 0. The molecule has 0 saturated heterocycles. The molecule has 4 rings (SSSR count). The Morgan fingerprint density at radius 1 is 0.622 bits per heavy atom. The van der Waals surface area contributed by atoms with Crippen LogP contribution in [0.3, 0.4) is 0 Å². The second-order valence-corrected chi connectivity index (χ2v) is 16.0. The lowest BCUT2D eigenvalue weighted by Crippen LogP contribution is -2.37. The molecule has 0 fully saturated rings. The van der Waals surface area contributed by atoms with Crippen LogP contribution in [0.5, 0.6) is 0 Å². The van der Waals surface area contributed by atoms with Crippen LogP contribution >= 0.6 is 38.9 Å². The van der Waals surface area contributed by atoms with E-state index in [-0.39, 0.29) is 0 Å². The summed E-state index contributed by atoms with van der Waals surface area (Å²) in [6, 6.07) is 42.1. The number of nitrogens with zero attached hydrogens (tertiary/aromatic N) is 1. The third kappa shape index (κ3) is 5.47. The molecule has 0 unspecified atom stereocenters. The minimum Gasteiger partial charge on any atom is -0.374 e. The topological polar surface area (TPSA) is 36.4 Å². The first kappa shape index (κ1) is 27.4. The van der Waals surface area contributed by atoms with Crippen LogP contribution in [-0.2, 0) is 0 Å². The highest BCUT2D eigenvalue weighted by atomic mass is 32.1. The molecule has 0 radical (unpaired) electrons. The standard InChI is InChI=1S/C30H31N3P2S2/c1-3-31-29(36)34(25-17-9-5-10-18-25,26-19-11-6-12-20-26)33-35(30(37)32-4-2,27-21-13-7-14-22-27)28-23-15-8-16-24-28/h5-24H,3-4H2,1-2H3,(H-,31,32,36,37)/p+1. The van der Waals surface area contributed by atoms with E-state index in [1.54, 1.807) is 0 Å². The van der Waals surface area contributed by atoms with Crippen molar-refractivity contribution in [3.8, 4) is 0 Å². The molecule has 7 heteroatoms. The van der Waals surface area contributed by atoms with Crippen molar-refractivity contribution in [1.29, 1.82) is 0 Å². The molecule has 0 heterocycles. The van der Waals surface area contributed by atoms with Gasteiger partial charge < -0.3 is 10.6 Å². The van der Waals surface area contributed by atoms with Crippen molar-refractivity contribution in [3.05, 3.63) is 121 Å². The van der Waals surface area contributed by atoms with E-state index in [1.165, 1.54) is 0 Å². The Kier molecular flexibility index (Phi) is 9.40. The van der Waals surface area contributed by atoms with Gasteiger partial charge in [-0.2, -0.15) is 0 Å². The fourth-order valence-electron chi connectivity index (χ4n) is 4.36. The van der Waals surface area contributed by atoms with Gasteiger partial charge in [0.2, 0.25) is 0 Å². The van der Waals surface area contributed by atoms with E-state index in [4.69, 9.17) is 29.0 Å². The van der Waals surface area contributed by atoms with Gasteiger partial charge in [0, 0.05) is 23.7 Å². The van der Waals surface area contributed by atoms with Gasteiger partial charge in [-0.05, 0) is 50.3 Å². The van der Waals surface area contributed by atoms with Crippen LogP contribution in [0.2, 0.25) is 0 Å². The maximum absolute atomic E-state index is 6.27. The molecule has 4 aromatic carbocycles. The zero-order valence-electron chi connectivity index (χ0n) is 21.1. The second kappa shape index (κ2) is 12.7. The highest BCUT2D eigenvalue weighted by Crippen LogP contribution is 2.67. The van der Waals surface area contributed by atoms with Crippen LogP contribution in [-0.4, -0.2) is 22.5 Å². The number of thiocarbonyl (C=S) groups is 2. The Morgan fingerprint density at radius 3 is 1.38 bits per heavy atom. The molecule has 37 heavy (non-hydrogen) atoms. The average Bonchev–Trinajstić information content (AvgIpc) is 2.96. The lowest BCUT2D eigenvalue weighted by molar-refractivity contribution is 0.993. The lowest BCUT2D eigenvalue weighted by atomic mass is 10.4. The van der Waals surface area contributed by atoms with Crippen molar-refractivity contribution in [2.24, 2.45) is 4.52 Å². The Bertz CT molecular complexity index is 1300. The summed E-state index contributed by atoms with van der Waals surface area (Å²) in [5, 5.41) is 11.5. The molecule has 0 atom stereocenters. The molecule has 0 aliphatic heterocycles. The number of benzene rings is 4. The van der Waals surface area contributed by atoms with Crippen LogP contribution in [0.15, 0.2) is 126 Å². The number of hydrogen-bond acceptors (Lipinski definition) is 3. The van der Waals surface area contributed by atoms with Crippen LogP contribution in [0, 0.1) is 0 Å². The van der Waals surface area contributed by atoms with E-state index in [0.29, 0.717) is 0 Å². The molecule has 0 saturated carbocycles. The summed E-state index contributed by atoms with van der Waals surface area (Å²) in [6.45, 7) is 5.60. The fraction of sp³-hybridized carbons (Fsp3) is 0.133. The van der Waals surface area contributed by atoms with E-state index < -0.39 is 14.5 Å². The van der Waals surface area contributed by atoms with Gasteiger partial charge in [-0.1, -0.05) is 109 Å². The van der Waals surface area contributed by atoms with Crippen molar-refractivity contribution in [3.63, 3.8) is 0 Å². The van der Waals surface area contributed by atoms with E-state index in [1.807, 2.05) is 24.3 Å². The van der Waals surface area contributed by atoms with E-state index >= 15 is 0 Å². The van der Waals surface area contributed by atoms with Crippen molar-refractivity contribution in [2.75, 3.05) is 13.1 Å². The Labute approximate surface area is 232 Å². The number of rotatable bonds is 9. The maximum atomic E-state index is 6.27.